The zero-order valence-corrected chi connectivity index (χ0v) is 56.0. The van der Waals surface area contributed by atoms with Crippen molar-refractivity contribution in [2.45, 2.75) is 297 Å². The Hall–Kier alpha value is -6.68. The van der Waals surface area contributed by atoms with Crippen LogP contribution in [0.15, 0.2) is 130 Å². The van der Waals surface area contributed by atoms with Gasteiger partial charge in [0.1, 0.15) is 5.78 Å². The van der Waals surface area contributed by atoms with Crippen LogP contribution in [-0.4, -0.2) is 76.6 Å². The second-order valence-corrected chi connectivity index (χ2v) is 25.1. The molecule has 23 nitrogen and oxygen atoms in total. The van der Waals surface area contributed by atoms with E-state index in [4.69, 9.17) is 0 Å². The Bertz CT molecular complexity index is 2640. The molecule has 8 heterocycles. The Morgan fingerprint density at radius 2 is 0.805 bits per heavy atom. The first-order chi connectivity index (χ1) is 41.0. The van der Waals surface area contributed by atoms with E-state index in [1.807, 2.05) is 79.7 Å². The van der Waals surface area contributed by atoms with Gasteiger partial charge in [-0.05, 0) is 126 Å². The summed E-state index contributed by atoms with van der Waals surface area (Å²) in [6, 6.07) is 15.9. The first-order valence-corrected chi connectivity index (χ1v) is 32.0. The predicted octanol–water partition coefficient (Wildman–Crippen LogP) is 17.8. The highest BCUT2D eigenvalue weighted by atomic mass is 16.2. The summed E-state index contributed by atoms with van der Waals surface area (Å²) in [5.41, 5.74) is 3.11. The summed E-state index contributed by atoms with van der Waals surface area (Å²) in [7, 11) is 0. The van der Waals surface area contributed by atoms with Gasteiger partial charge in [0, 0.05) is 81.3 Å². The molecule has 0 radical (unpaired) electrons. The van der Waals surface area contributed by atoms with E-state index in [0.717, 1.165) is 76.3 Å². The van der Waals surface area contributed by atoms with Gasteiger partial charge in [-0.25, -0.2) is 0 Å². The van der Waals surface area contributed by atoms with Crippen LogP contribution in [0.4, 0.5) is 0 Å². The van der Waals surface area contributed by atoms with Gasteiger partial charge in [-0.15, -0.1) is 0 Å². The van der Waals surface area contributed by atoms with Gasteiger partial charge in [-0.2, -0.15) is 81.8 Å². The van der Waals surface area contributed by atoms with Gasteiger partial charge in [0.25, 0.3) is 5.91 Å². The zero-order chi connectivity index (χ0) is 64.8. The lowest BCUT2D eigenvalue weighted by molar-refractivity contribution is -0.121. The lowest BCUT2D eigenvalue weighted by Crippen LogP contribution is -2.33. The molecule has 0 bridgehead atoms. The predicted molar refractivity (Wildman–Crippen MR) is 342 cm³/mol. The molecule has 0 aliphatic carbocycles. The van der Waals surface area contributed by atoms with Gasteiger partial charge in [-0.3, -0.25) is 19.2 Å². The number of hydrogen-bond acceptors (Lipinski definition) is 20. The van der Waals surface area contributed by atoms with Gasteiger partial charge in [-0.1, -0.05) is 128 Å². The lowest BCUT2D eigenvalue weighted by Gasteiger charge is -2.13. The Morgan fingerprint density at radius 1 is 0.414 bits per heavy atom. The summed E-state index contributed by atoms with van der Waals surface area (Å²) < 4.78 is 0. The highest BCUT2D eigenvalue weighted by molar-refractivity contribution is 5.94. The van der Waals surface area contributed by atoms with Crippen molar-refractivity contribution in [3.05, 3.63) is 70.8 Å². The summed E-state index contributed by atoms with van der Waals surface area (Å²) in [4.78, 5) is 44.8. The molecule has 87 heavy (non-hydrogen) atoms. The number of benzene rings is 2. The van der Waals surface area contributed by atoms with Gasteiger partial charge in [0.2, 0.25) is 23.1 Å². The van der Waals surface area contributed by atoms with Crippen molar-refractivity contribution in [2.75, 3.05) is 13.1 Å². The lowest BCUT2D eigenvalue weighted by atomic mass is 10.0. The average Bonchev–Trinajstić information content (AvgIpc) is 2.48. The number of Topliss-reactive ketones (excluding diaryl/α,β-unsaturated/α-hetero) is 1. The summed E-state index contributed by atoms with van der Waals surface area (Å²) in [5.74, 6) is 0.463. The number of nitrogens with zero attached hydrogens (tertiary/aromatic N) is 16. The molecule has 0 fully saturated rings. The van der Waals surface area contributed by atoms with Crippen LogP contribution in [0.1, 0.15) is 266 Å². The van der Waals surface area contributed by atoms with Gasteiger partial charge >= 0.3 is 0 Å². The third-order valence-electron chi connectivity index (χ3n) is 14.7. The molecule has 10 rings (SSSR count). The van der Waals surface area contributed by atoms with Crippen molar-refractivity contribution >= 4 is 23.5 Å². The molecule has 2 aromatic rings. The van der Waals surface area contributed by atoms with E-state index in [-0.39, 0.29) is 69.1 Å². The second-order valence-electron chi connectivity index (χ2n) is 25.1. The van der Waals surface area contributed by atoms with Crippen molar-refractivity contribution in [1.82, 2.24) is 16.0 Å². The highest BCUT2D eigenvalue weighted by Crippen LogP contribution is 2.40. The second kappa shape index (κ2) is 35.3. The van der Waals surface area contributed by atoms with Crippen LogP contribution >= 0.6 is 0 Å². The number of amides is 3. The Morgan fingerprint density at radius 3 is 1.18 bits per heavy atom. The number of nitrogens with one attached hydrogen (secondary N) is 3. The molecule has 2 aromatic carbocycles. The van der Waals surface area contributed by atoms with Crippen LogP contribution in [-0.2, 0) is 25.7 Å². The standard InChI is InChI=1S/C12H15N3O.C12H22N2O.C9H10N2.C8H15N3O.C7H13N3O.C6H12N2.2C5H10N2/c1-3-8-13-11(16)9-4-6-10(7-5-9)12(2)14-15-12;1-3-4-5-6-7-8-11(15)9-10-12(2)13-14-12;1-7-3-5-8(6-4-7)9(2)10-11-9;1-3-6-9-7(12)4-5-8(2)10-11-8;1-5(8-6(2)11)4-7(3)9-10-7;1-3-4-5-6(2)7-8-6;2*1-3-4-5(2)6-7-5/h4-7H,3,8H2,1-2H3,(H,13,16);3-10H2,1-2H3;3-6H,1-2H3;3-6H2,1-2H3,(H,9,12);5H,4H2,1-3H3,(H,8,11);3-5H2,1-2H3;2*3-4H2,1-2H3. The number of rotatable bonds is 29. The molecule has 0 saturated carbocycles. The number of aryl methyl sites for hydroxylation is 1. The number of ketones is 1. The number of unbranched alkanes of at least 4 members (excludes halogenated alkanes) is 5. The van der Waals surface area contributed by atoms with Crippen molar-refractivity contribution in [3.63, 3.8) is 0 Å². The van der Waals surface area contributed by atoms with Gasteiger partial charge in [0.05, 0.1) is 0 Å². The van der Waals surface area contributed by atoms with Crippen LogP contribution in [0.5, 0.6) is 0 Å². The van der Waals surface area contributed by atoms with E-state index < -0.39 is 0 Å². The maximum absolute atomic E-state index is 11.6. The van der Waals surface area contributed by atoms with Crippen LogP contribution in [0.3, 0.4) is 0 Å². The third kappa shape index (κ3) is 33.9. The van der Waals surface area contributed by atoms with E-state index in [9.17, 15) is 19.2 Å². The maximum atomic E-state index is 11.6. The fraction of sp³-hybridized carbons (Fsp3) is 0.750. The summed E-state index contributed by atoms with van der Waals surface area (Å²) in [6.45, 7) is 35.8. The number of carbonyl (C=O) groups is 4. The molecule has 23 heteroatoms. The minimum atomic E-state index is -0.363. The molecule has 8 aliphatic heterocycles. The molecule has 3 amide bonds. The molecule has 0 aromatic heterocycles. The normalized spacial score (nSPS) is 18.8. The molecule has 0 saturated heterocycles. The maximum Gasteiger partial charge on any atom is 0.251 e. The van der Waals surface area contributed by atoms with Crippen molar-refractivity contribution < 1.29 is 19.2 Å². The topological polar surface area (TPSA) is 302 Å². The Kier molecular flexibility index (Phi) is 30.3. The molecule has 1 atom stereocenters. The smallest absolute Gasteiger partial charge is 0.251 e. The first-order valence-electron chi connectivity index (χ1n) is 32.0. The van der Waals surface area contributed by atoms with Gasteiger partial charge < -0.3 is 16.0 Å². The SMILES string of the molecule is CC(=O)NC(C)CC1(C)N=N1.CCCC1(C)N=N1.CCCC1(C)N=N1.CCCCC1(C)N=N1.CCCCCCCC(=O)CCC1(C)N=N1.CCCNC(=O)CCC1(C)N=N1.CCCNC(=O)c1ccc(C2(C)N=N2)cc1.Cc1ccc(C2(C)N=N2)cc1. The number of hydrogen-bond donors (Lipinski definition) is 3. The molecule has 0 spiro atoms. The van der Waals surface area contributed by atoms with E-state index >= 15 is 0 Å². The van der Waals surface area contributed by atoms with Crippen LogP contribution in [0, 0.1) is 6.92 Å². The minimum absolute atomic E-state index is 0.00162. The minimum Gasteiger partial charge on any atom is -0.356 e. The largest absolute Gasteiger partial charge is 0.356 e. The molecule has 482 valence electrons. The third-order valence-corrected chi connectivity index (χ3v) is 14.7. The van der Waals surface area contributed by atoms with Gasteiger partial charge in [0.15, 0.2) is 34.0 Å². The van der Waals surface area contributed by atoms with Crippen LogP contribution < -0.4 is 16.0 Å². The molecule has 3 N–H and O–H groups in total. The van der Waals surface area contributed by atoms with Crippen LogP contribution in [0.25, 0.3) is 0 Å². The number of carbonyl (C=O) groups excluding carboxylic acids is 4. The summed E-state index contributed by atoms with van der Waals surface area (Å²) in [5, 5.41) is 70.6. The van der Waals surface area contributed by atoms with Crippen molar-refractivity contribution in [3.8, 4) is 0 Å². The van der Waals surface area contributed by atoms with Crippen molar-refractivity contribution in [2.24, 2.45) is 81.8 Å². The zero-order valence-electron chi connectivity index (χ0n) is 56.0. The molecule has 1 unspecified atom stereocenters. The fourth-order valence-electron chi connectivity index (χ4n) is 8.19. The monoisotopic (exact) mass is 1210 g/mol. The molecular weight excluding hydrogens is 1100 g/mol. The summed E-state index contributed by atoms with van der Waals surface area (Å²) >= 11 is 0. The first kappa shape index (κ1) is 74.6. The average molecular weight is 1210 g/mol. The quantitative estimate of drug-likeness (QED) is 0.0669. The molecule has 8 aliphatic rings. The van der Waals surface area contributed by atoms with Crippen LogP contribution in [0.2, 0.25) is 0 Å². The van der Waals surface area contributed by atoms with E-state index in [0.29, 0.717) is 30.7 Å². The van der Waals surface area contributed by atoms with E-state index in [1.54, 1.807) is 0 Å². The fourth-order valence-corrected chi connectivity index (χ4v) is 8.19. The Labute approximate surface area is 519 Å². The van der Waals surface area contributed by atoms with Crippen molar-refractivity contribution in [1.29, 1.82) is 0 Å². The summed E-state index contributed by atoms with van der Waals surface area (Å²) in [6.07, 6.45) is 20.5. The molecular formula is C64H107N19O4. The highest BCUT2D eigenvalue weighted by Gasteiger charge is 2.39. The van der Waals surface area contributed by atoms with E-state index in [2.05, 4.69) is 177 Å². The van der Waals surface area contributed by atoms with E-state index in [1.165, 1.54) is 69.4 Å². The Balaban J connectivity index is 0.000000264.